The summed E-state index contributed by atoms with van der Waals surface area (Å²) in [5.41, 5.74) is 2.38. The lowest BCUT2D eigenvalue weighted by molar-refractivity contribution is -0.141. The van der Waals surface area contributed by atoms with Crippen LogP contribution in [0.25, 0.3) is 10.6 Å². The highest BCUT2D eigenvalue weighted by molar-refractivity contribution is 7.15. The average molecular weight is 614 g/mol. The Hall–Kier alpha value is -2.94. The lowest BCUT2D eigenvalue weighted by Gasteiger charge is -2.44. The van der Waals surface area contributed by atoms with Gasteiger partial charge in [0, 0.05) is 68.5 Å². The van der Waals surface area contributed by atoms with Crippen LogP contribution in [0.1, 0.15) is 53.0 Å². The number of carbonyl (C=O) groups is 3. The Kier molecular flexibility index (Phi) is 9.02. The van der Waals surface area contributed by atoms with E-state index in [0.717, 1.165) is 21.0 Å². The highest BCUT2D eigenvalue weighted by atomic mass is 35.5. The molecular formula is C31H34Cl2N4O3S. The van der Waals surface area contributed by atoms with Crippen LogP contribution in [0.4, 0.5) is 0 Å². The van der Waals surface area contributed by atoms with E-state index in [2.05, 4.69) is 0 Å². The molecule has 0 aliphatic carbocycles. The molecule has 2 saturated heterocycles. The monoisotopic (exact) mass is 612 g/mol. The SMILES string of the molecule is CC(=O)N1CCC(C(=O)N2CC[C@@H](N(C)C(=O)c3nc(-c4ccccc4)sc3C)[C@H](c3ccc(Cl)c(Cl)c3)C2)CC1. The Morgan fingerprint density at radius 3 is 2.29 bits per heavy atom. The molecule has 0 N–H and O–H groups in total. The highest BCUT2D eigenvalue weighted by Gasteiger charge is 2.39. The zero-order valence-electron chi connectivity index (χ0n) is 23.5. The minimum atomic E-state index is -0.162. The number of benzene rings is 2. The predicted molar refractivity (Wildman–Crippen MR) is 164 cm³/mol. The number of nitrogens with zero attached hydrogens (tertiary/aromatic N) is 4. The van der Waals surface area contributed by atoms with Crippen molar-refractivity contribution in [3.05, 3.63) is 74.7 Å². The van der Waals surface area contributed by atoms with E-state index in [1.54, 1.807) is 22.8 Å². The van der Waals surface area contributed by atoms with Crippen LogP contribution in [0.3, 0.4) is 0 Å². The van der Waals surface area contributed by atoms with Crippen LogP contribution in [0.5, 0.6) is 0 Å². The molecule has 2 fully saturated rings. The van der Waals surface area contributed by atoms with Crippen LogP contribution in [0.2, 0.25) is 10.0 Å². The van der Waals surface area contributed by atoms with Crippen molar-refractivity contribution in [3.63, 3.8) is 0 Å². The number of piperidine rings is 2. The Balaban J connectivity index is 1.38. The smallest absolute Gasteiger partial charge is 0.273 e. The molecular weight excluding hydrogens is 579 g/mol. The van der Waals surface area contributed by atoms with Crippen molar-refractivity contribution in [2.45, 2.75) is 45.1 Å². The molecule has 2 aromatic carbocycles. The van der Waals surface area contributed by atoms with Gasteiger partial charge in [-0.3, -0.25) is 14.4 Å². The van der Waals surface area contributed by atoms with Crippen LogP contribution in [-0.4, -0.2) is 76.7 Å². The zero-order chi connectivity index (χ0) is 29.3. The minimum Gasteiger partial charge on any atom is -0.343 e. The Labute approximate surface area is 255 Å². The summed E-state index contributed by atoms with van der Waals surface area (Å²) in [5, 5.41) is 1.72. The third-order valence-corrected chi connectivity index (χ3v) is 10.1. The number of aryl methyl sites for hydroxylation is 1. The largest absolute Gasteiger partial charge is 0.343 e. The summed E-state index contributed by atoms with van der Waals surface area (Å²) in [6, 6.07) is 15.3. The van der Waals surface area contributed by atoms with Crippen molar-refractivity contribution in [1.82, 2.24) is 19.7 Å². The van der Waals surface area contributed by atoms with Crippen LogP contribution in [-0.2, 0) is 9.59 Å². The van der Waals surface area contributed by atoms with Crippen LogP contribution in [0, 0.1) is 12.8 Å². The molecule has 3 aromatic rings. The number of aromatic nitrogens is 1. The van der Waals surface area contributed by atoms with E-state index >= 15 is 0 Å². The lowest BCUT2D eigenvalue weighted by Crippen LogP contribution is -2.53. The molecule has 1 aromatic heterocycles. The third kappa shape index (κ3) is 6.30. The number of likely N-dealkylation sites (tertiary alicyclic amines) is 2. The Morgan fingerprint density at radius 1 is 0.951 bits per heavy atom. The van der Waals surface area contributed by atoms with Crippen molar-refractivity contribution in [2.75, 3.05) is 33.2 Å². The van der Waals surface area contributed by atoms with Crippen molar-refractivity contribution < 1.29 is 14.4 Å². The fraction of sp³-hybridized carbons (Fsp3) is 0.419. The highest BCUT2D eigenvalue weighted by Crippen LogP contribution is 2.36. The first-order valence-corrected chi connectivity index (χ1v) is 15.5. The lowest BCUT2D eigenvalue weighted by atomic mass is 9.84. The number of hydrogen-bond donors (Lipinski definition) is 0. The second-order valence-electron chi connectivity index (χ2n) is 10.9. The predicted octanol–water partition coefficient (Wildman–Crippen LogP) is 6.14. The van der Waals surface area contributed by atoms with Gasteiger partial charge in [0.2, 0.25) is 11.8 Å². The maximum absolute atomic E-state index is 13.9. The molecule has 0 saturated carbocycles. The van der Waals surface area contributed by atoms with Gasteiger partial charge in [0.05, 0.1) is 10.0 Å². The molecule has 0 unspecified atom stereocenters. The van der Waals surface area contributed by atoms with E-state index in [1.165, 1.54) is 11.3 Å². The molecule has 10 heteroatoms. The number of likely N-dealkylation sites (N-methyl/N-ethyl adjacent to an activating group) is 1. The van der Waals surface area contributed by atoms with E-state index in [1.807, 2.05) is 61.3 Å². The van der Waals surface area contributed by atoms with Crippen LogP contribution >= 0.6 is 34.5 Å². The average Bonchev–Trinajstić information content (AvgIpc) is 3.39. The Bertz CT molecular complexity index is 1440. The zero-order valence-corrected chi connectivity index (χ0v) is 25.8. The van der Waals surface area contributed by atoms with Gasteiger partial charge in [0.25, 0.3) is 5.91 Å². The molecule has 2 aliphatic rings. The van der Waals surface area contributed by atoms with Crippen molar-refractivity contribution in [3.8, 4) is 10.6 Å². The van der Waals surface area contributed by atoms with Crippen LogP contribution in [0.15, 0.2) is 48.5 Å². The number of rotatable bonds is 5. The summed E-state index contributed by atoms with van der Waals surface area (Å²) >= 11 is 14.2. The van der Waals surface area contributed by atoms with Gasteiger partial charge >= 0.3 is 0 Å². The van der Waals surface area contributed by atoms with Gasteiger partial charge in [-0.1, -0.05) is 59.6 Å². The van der Waals surface area contributed by atoms with E-state index in [4.69, 9.17) is 28.2 Å². The number of halogens is 2. The molecule has 3 amide bonds. The first-order chi connectivity index (χ1) is 19.6. The van der Waals surface area contributed by atoms with E-state index in [-0.39, 0.29) is 35.6 Å². The second kappa shape index (κ2) is 12.5. The summed E-state index contributed by atoms with van der Waals surface area (Å²) in [7, 11) is 1.83. The topological polar surface area (TPSA) is 73.8 Å². The third-order valence-electron chi connectivity index (χ3n) is 8.39. The van der Waals surface area contributed by atoms with Gasteiger partial charge < -0.3 is 14.7 Å². The van der Waals surface area contributed by atoms with E-state index in [9.17, 15) is 14.4 Å². The summed E-state index contributed by atoms with van der Waals surface area (Å²) in [4.78, 5) is 50.4. The van der Waals surface area contributed by atoms with Crippen molar-refractivity contribution in [2.24, 2.45) is 5.92 Å². The molecule has 0 bridgehead atoms. The normalized spacial score (nSPS) is 19.7. The molecule has 7 nitrogen and oxygen atoms in total. The molecule has 41 heavy (non-hydrogen) atoms. The quantitative estimate of drug-likeness (QED) is 0.347. The van der Waals surface area contributed by atoms with Gasteiger partial charge in [-0.05, 0) is 43.9 Å². The molecule has 2 aliphatic heterocycles. The maximum atomic E-state index is 13.9. The molecule has 0 spiro atoms. The fourth-order valence-corrected chi connectivity index (χ4v) is 7.21. The van der Waals surface area contributed by atoms with E-state index < -0.39 is 0 Å². The number of thiazole rings is 1. The van der Waals surface area contributed by atoms with Gasteiger partial charge in [0.1, 0.15) is 10.7 Å². The van der Waals surface area contributed by atoms with E-state index in [0.29, 0.717) is 61.2 Å². The fourth-order valence-electron chi connectivity index (χ4n) is 5.99. The van der Waals surface area contributed by atoms with Crippen molar-refractivity contribution >= 4 is 52.3 Å². The summed E-state index contributed by atoms with van der Waals surface area (Å²) in [6.07, 6.45) is 1.96. The number of amides is 3. The Morgan fingerprint density at radius 2 is 1.63 bits per heavy atom. The summed E-state index contributed by atoms with van der Waals surface area (Å²) in [6.45, 7) is 5.73. The summed E-state index contributed by atoms with van der Waals surface area (Å²) in [5.74, 6) is -0.220. The minimum absolute atomic E-state index is 0.0512. The summed E-state index contributed by atoms with van der Waals surface area (Å²) < 4.78 is 0. The first kappa shape index (κ1) is 29.5. The van der Waals surface area contributed by atoms with Gasteiger partial charge in [-0.15, -0.1) is 11.3 Å². The number of hydrogen-bond acceptors (Lipinski definition) is 5. The van der Waals surface area contributed by atoms with Gasteiger partial charge in [-0.2, -0.15) is 0 Å². The van der Waals surface area contributed by atoms with Crippen molar-refractivity contribution in [1.29, 1.82) is 0 Å². The van der Waals surface area contributed by atoms with Crippen LogP contribution < -0.4 is 0 Å². The molecule has 216 valence electrons. The first-order valence-electron chi connectivity index (χ1n) is 13.9. The molecule has 3 heterocycles. The second-order valence-corrected chi connectivity index (χ2v) is 12.9. The molecule has 5 rings (SSSR count). The number of carbonyl (C=O) groups excluding carboxylic acids is 3. The van der Waals surface area contributed by atoms with Gasteiger partial charge in [-0.25, -0.2) is 4.98 Å². The molecule has 2 atom stereocenters. The standard InChI is InChI=1S/C31H34Cl2N4O3S/c1-19-28(34-29(41-19)21-7-5-4-6-8-21)31(40)35(3)27-13-16-37(18-24(27)23-9-10-25(32)26(33)17-23)30(39)22-11-14-36(15-12-22)20(2)38/h4-10,17,22,24,27H,11-16,18H2,1-3H3/t24-,27+/m0/s1. The molecule has 0 radical (unpaired) electrons. The van der Waals surface area contributed by atoms with Gasteiger partial charge in [0.15, 0.2) is 0 Å². The maximum Gasteiger partial charge on any atom is 0.273 e.